The molecule has 1 heteroatoms. The van der Waals surface area contributed by atoms with Crippen LogP contribution in [-0.4, -0.2) is 7.05 Å². The molecule has 0 heterocycles. The van der Waals surface area contributed by atoms with Gasteiger partial charge in [0.25, 0.3) is 0 Å². The van der Waals surface area contributed by atoms with Crippen LogP contribution in [0.1, 0.15) is 13.8 Å². The zero-order valence-corrected chi connectivity index (χ0v) is 6.94. The van der Waals surface area contributed by atoms with Gasteiger partial charge in [0.05, 0.1) is 0 Å². The van der Waals surface area contributed by atoms with Crippen LogP contribution in [0.4, 0.5) is 0 Å². The van der Waals surface area contributed by atoms with Gasteiger partial charge in [-0.15, -0.1) is 0 Å². The predicted octanol–water partition coefficient (Wildman–Crippen LogP) is 2.24. The Hall–Kier alpha value is -0.980. The second-order valence-corrected chi connectivity index (χ2v) is 2.21. The number of rotatable bonds is 3. The summed E-state index contributed by atoms with van der Waals surface area (Å²) in [5.74, 6) is 0. The molecule has 0 unspecified atom stereocenters. The molecule has 0 aromatic heterocycles. The number of hydrogen-bond donors (Lipinski definition) is 1. The summed E-state index contributed by atoms with van der Waals surface area (Å²) >= 11 is 0. The van der Waals surface area contributed by atoms with Crippen LogP contribution in [0.25, 0.3) is 0 Å². The molecule has 0 amide bonds. The van der Waals surface area contributed by atoms with E-state index in [0.717, 1.165) is 5.70 Å². The summed E-state index contributed by atoms with van der Waals surface area (Å²) in [6.07, 6.45) is 5.88. The molecule has 0 rings (SSSR count). The first kappa shape index (κ1) is 9.02. The highest BCUT2D eigenvalue weighted by molar-refractivity contribution is 5.21. The second-order valence-electron chi connectivity index (χ2n) is 2.21. The lowest BCUT2D eigenvalue weighted by Crippen LogP contribution is -2.00. The molecule has 1 nitrogen and oxygen atoms in total. The molecular formula is C9H15N. The summed E-state index contributed by atoms with van der Waals surface area (Å²) in [5, 5.41) is 3.03. The normalized spacial score (nSPS) is 13.1. The van der Waals surface area contributed by atoms with Crippen molar-refractivity contribution in [2.75, 3.05) is 7.05 Å². The molecule has 10 heavy (non-hydrogen) atoms. The molecule has 0 radical (unpaired) electrons. The zero-order valence-electron chi connectivity index (χ0n) is 6.94. The van der Waals surface area contributed by atoms with Gasteiger partial charge in [0, 0.05) is 12.7 Å². The molecule has 0 spiro atoms. The number of allylic oxidation sites excluding steroid dienone is 5. The van der Waals surface area contributed by atoms with Crippen LogP contribution in [0.3, 0.4) is 0 Å². The highest BCUT2D eigenvalue weighted by atomic mass is 14.8. The monoisotopic (exact) mass is 137 g/mol. The van der Waals surface area contributed by atoms with Crippen LogP contribution >= 0.6 is 0 Å². The Kier molecular flexibility index (Phi) is 4.38. The maximum absolute atomic E-state index is 3.65. The molecule has 56 valence electrons. The van der Waals surface area contributed by atoms with E-state index < -0.39 is 0 Å². The third-order valence-electron chi connectivity index (χ3n) is 1.31. The van der Waals surface area contributed by atoms with Gasteiger partial charge in [-0.3, -0.25) is 0 Å². The summed E-state index contributed by atoms with van der Waals surface area (Å²) in [6, 6.07) is 0. The quantitative estimate of drug-likeness (QED) is 0.588. The summed E-state index contributed by atoms with van der Waals surface area (Å²) in [4.78, 5) is 0. The number of hydrogen-bond acceptors (Lipinski definition) is 1. The molecule has 0 aliphatic carbocycles. The molecule has 0 saturated heterocycles. The first-order chi connectivity index (χ1) is 4.70. The predicted molar refractivity (Wildman–Crippen MR) is 46.8 cm³/mol. The van der Waals surface area contributed by atoms with E-state index in [-0.39, 0.29) is 0 Å². The lowest BCUT2D eigenvalue weighted by molar-refractivity contribution is 0.990. The second kappa shape index (κ2) is 4.86. The minimum absolute atomic E-state index is 1.15. The van der Waals surface area contributed by atoms with Gasteiger partial charge in [-0.1, -0.05) is 24.3 Å². The summed E-state index contributed by atoms with van der Waals surface area (Å²) in [5.41, 5.74) is 2.33. The van der Waals surface area contributed by atoms with E-state index in [1.165, 1.54) is 5.57 Å². The Morgan fingerprint density at radius 2 is 1.90 bits per heavy atom. The van der Waals surface area contributed by atoms with Crippen molar-refractivity contribution in [1.29, 1.82) is 0 Å². The Morgan fingerprint density at radius 1 is 1.30 bits per heavy atom. The van der Waals surface area contributed by atoms with Gasteiger partial charge in [-0.05, 0) is 19.9 Å². The molecule has 0 bridgehead atoms. The van der Waals surface area contributed by atoms with Crippen molar-refractivity contribution >= 4 is 0 Å². The van der Waals surface area contributed by atoms with E-state index in [9.17, 15) is 0 Å². The van der Waals surface area contributed by atoms with Gasteiger partial charge >= 0.3 is 0 Å². The van der Waals surface area contributed by atoms with Gasteiger partial charge in [-0.25, -0.2) is 0 Å². The first-order valence-corrected chi connectivity index (χ1v) is 3.36. The van der Waals surface area contributed by atoms with E-state index >= 15 is 0 Å². The SMILES string of the molecule is C=C/C(C)=C/C=C(/C)NC. The molecule has 1 N–H and O–H groups in total. The molecule has 0 aromatic rings. The molecule has 0 aliphatic rings. The Bertz CT molecular complexity index is 164. The lowest BCUT2D eigenvalue weighted by atomic mass is 10.2. The smallest absolute Gasteiger partial charge is 0.00725 e. The zero-order chi connectivity index (χ0) is 7.98. The Balaban J connectivity index is 4.03. The fourth-order valence-corrected chi connectivity index (χ4v) is 0.408. The van der Waals surface area contributed by atoms with Crippen molar-refractivity contribution in [1.82, 2.24) is 5.32 Å². The lowest BCUT2D eigenvalue weighted by Gasteiger charge is -1.94. The Morgan fingerprint density at radius 3 is 2.30 bits per heavy atom. The van der Waals surface area contributed by atoms with E-state index in [1.54, 1.807) is 0 Å². The van der Waals surface area contributed by atoms with Crippen LogP contribution in [0.5, 0.6) is 0 Å². The largest absolute Gasteiger partial charge is 0.392 e. The van der Waals surface area contributed by atoms with Crippen LogP contribution in [0.2, 0.25) is 0 Å². The maximum Gasteiger partial charge on any atom is 0.00725 e. The molecule has 0 saturated carbocycles. The van der Waals surface area contributed by atoms with Crippen molar-refractivity contribution in [3.63, 3.8) is 0 Å². The van der Waals surface area contributed by atoms with Gasteiger partial charge in [0.15, 0.2) is 0 Å². The van der Waals surface area contributed by atoms with Gasteiger partial charge in [0.1, 0.15) is 0 Å². The van der Waals surface area contributed by atoms with Crippen molar-refractivity contribution < 1.29 is 0 Å². The highest BCUT2D eigenvalue weighted by Crippen LogP contribution is 1.94. The van der Waals surface area contributed by atoms with Gasteiger partial charge in [0.2, 0.25) is 0 Å². The van der Waals surface area contributed by atoms with Gasteiger partial charge < -0.3 is 5.32 Å². The average molecular weight is 137 g/mol. The maximum atomic E-state index is 3.65. The van der Waals surface area contributed by atoms with Crippen LogP contribution in [-0.2, 0) is 0 Å². The minimum atomic E-state index is 1.15. The van der Waals surface area contributed by atoms with E-state index in [2.05, 4.69) is 11.9 Å². The van der Waals surface area contributed by atoms with Gasteiger partial charge in [-0.2, -0.15) is 0 Å². The summed E-state index contributed by atoms with van der Waals surface area (Å²) in [6.45, 7) is 7.69. The third-order valence-corrected chi connectivity index (χ3v) is 1.31. The van der Waals surface area contributed by atoms with E-state index in [0.29, 0.717) is 0 Å². The van der Waals surface area contributed by atoms with E-state index in [4.69, 9.17) is 0 Å². The van der Waals surface area contributed by atoms with Crippen LogP contribution in [0.15, 0.2) is 36.1 Å². The fourth-order valence-electron chi connectivity index (χ4n) is 0.408. The average Bonchev–Trinajstić information content (AvgIpc) is 1.99. The first-order valence-electron chi connectivity index (χ1n) is 3.36. The van der Waals surface area contributed by atoms with E-state index in [1.807, 2.05) is 39.1 Å². The summed E-state index contributed by atoms with van der Waals surface area (Å²) < 4.78 is 0. The third kappa shape index (κ3) is 3.96. The van der Waals surface area contributed by atoms with Crippen molar-refractivity contribution in [3.8, 4) is 0 Å². The molecule has 0 fully saturated rings. The molecule has 0 aliphatic heterocycles. The fraction of sp³-hybridized carbons (Fsp3) is 0.333. The minimum Gasteiger partial charge on any atom is -0.392 e. The standard InChI is InChI=1S/C9H15N/c1-5-8(2)6-7-9(3)10-4/h5-7,10H,1H2,2-4H3/b8-6+,9-7-. The molecule has 0 aromatic carbocycles. The molecule has 0 atom stereocenters. The van der Waals surface area contributed by atoms with Crippen molar-refractivity contribution in [3.05, 3.63) is 36.1 Å². The topological polar surface area (TPSA) is 12.0 Å². The summed E-state index contributed by atoms with van der Waals surface area (Å²) in [7, 11) is 1.91. The Labute approximate surface area is 63.1 Å². The van der Waals surface area contributed by atoms with Crippen LogP contribution < -0.4 is 5.32 Å². The van der Waals surface area contributed by atoms with Crippen molar-refractivity contribution in [2.45, 2.75) is 13.8 Å². The van der Waals surface area contributed by atoms with Crippen molar-refractivity contribution in [2.24, 2.45) is 0 Å². The highest BCUT2D eigenvalue weighted by Gasteiger charge is 1.78. The molecular weight excluding hydrogens is 122 g/mol. The van der Waals surface area contributed by atoms with Crippen LogP contribution in [0, 0.1) is 0 Å². The number of nitrogens with one attached hydrogen (secondary N) is 1.